The van der Waals surface area contributed by atoms with E-state index in [-0.39, 0.29) is 5.91 Å². The molecule has 0 bridgehead atoms. The predicted octanol–water partition coefficient (Wildman–Crippen LogP) is 2.10. The maximum atomic E-state index is 12.4. The Morgan fingerprint density at radius 2 is 1.94 bits per heavy atom. The summed E-state index contributed by atoms with van der Waals surface area (Å²) >= 11 is 0. The fourth-order valence-electron chi connectivity index (χ4n) is 2.58. The summed E-state index contributed by atoms with van der Waals surface area (Å²) in [5.74, 6) is -0.0660. The first-order valence-corrected chi connectivity index (χ1v) is 6.69. The molecule has 0 aliphatic heterocycles. The fourth-order valence-corrected chi connectivity index (χ4v) is 2.58. The minimum Gasteiger partial charge on any atom is -0.395 e. The summed E-state index contributed by atoms with van der Waals surface area (Å²) in [7, 11) is 1.86. The van der Waals surface area contributed by atoms with Gasteiger partial charge in [-0.1, -0.05) is 25.7 Å². The van der Waals surface area contributed by atoms with Crippen molar-refractivity contribution >= 4 is 11.6 Å². The highest BCUT2D eigenvalue weighted by molar-refractivity contribution is 5.97. The summed E-state index contributed by atoms with van der Waals surface area (Å²) in [6.45, 7) is 1.82. The quantitative estimate of drug-likeness (QED) is 0.789. The lowest BCUT2D eigenvalue weighted by atomic mass is 10.1. The standard InChI is InChI=1S/C13H22N4O/c1-9-11(14)12(16-15-9)13(18)17(2)10-7-5-3-4-6-8-10/h10H,3-8,14H2,1-2H3,(H,15,16). The Hall–Kier alpha value is -1.52. The largest absolute Gasteiger partial charge is 0.395 e. The molecule has 2 rings (SSSR count). The molecular formula is C13H22N4O. The topological polar surface area (TPSA) is 75.0 Å². The first-order valence-electron chi connectivity index (χ1n) is 6.69. The first-order chi connectivity index (χ1) is 8.61. The molecule has 1 saturated carbocycles. The summed E-state index contributed by atoms with van der Waals surface area (Å²) in [6, 6.07) is 0.330. The van der Waals surface area contributed by atoms with E-state index in [0.29, 0.717) is 17.4 Å². The Kier molecular flexibility index (Phi) is 3.89. The maximum absolute atomic E-state index is 12.4. The Morgan fingerprint density at radius 3 is 2.44 bits per heavy atom. The highest BCUT2D eigenvalue weighted by Crippen LogP contribution is 2.23. The molecule has 1 heterocycles. The van der Waals surface area contributed by atoms with E-state index >= 15 is 0 Å². The fraction of sp³-hybridized carbons (Fsp3) is 0.692. The second-order valence-electron chi connectivity index (χ2n) is 5.17. The molecule has 1 fully saturated rings. The van der Waals surface area contributed by atoms with Crippen molar-refractivity contribution in [2.45, 2.75) is 51.5 Å². The van der Waals surface area contributed by atoms with E-state index in [1.165, 1.54) is 25.7 Å². The van der Waals surface area contributed by atoms with Crippen LogP contribution in [0.4, 0.5) is 5.69 Å². The highest BCUT2D eigenvalue weighted by Gasteiger charge is 2.25. The van der Waals surface area contributed by atoms with Crippen molar-refractivity contribution in [3.63, 3.8) is 0 Å². The van der Waals surface area contributed by atoms with Crippen molar-refractivity contribution in [3.8, 4) is 0 Å². The van der Waals surface area contributed by atoms with Crippen LogP contribution in [0.2, 0.25) is 0 Å². The number of amides is 1. The van der Waals surface area contributed by atoms with E-state index in [1.54, 1.807) is 0 Å². The number of hydrogen-bond acceptors (Lipinski definition) is 3. The van der Waals surface area contributed by atoms with Gasteiger partial charge < -0.3 is 10.6 Å². The number of H-pyrrole nitrogens is 1. The van der Waals surface area contributed by atoms with E-state index in [4.69, 9.17) is 5.73 Å². The van der Waals surface area contributed by atoms with Gasteiger partial charge in [-0.2, -0.15) is 5.10 Å². The van der Waals surface area contributed by atoms with Crippen LogP contribution in [0.25, 0.3) is 0 Å². The minimum atomic E-state index is -0.0660. The zero-order chi connectivity index (χ0) is 13.1. The number of anilines is 1. The molecule has 0 spiro atoms. The molecule has 0 radical (unpaired) electrons. The minimum absolute atomic E-state index is 0.0660. The molecule has 1 aliphatic carbocycles. The Bertz CT molecular complexity index is 419. The molecule has 0 unspecified atom stereocenters. The second-order valence-corrected chi connectivity index (χ2v) is 5.17. The molecule has 1 amide bonds. The third-order valence-corrected chi connectivity index (χ3v) is 3.89. The van der Waals surface area contributed by atoms with Gasteiger partial charge in [0.2, 0.25) is 0 Å². The molecule has 0 aromatic carbocycles. The van der Waals surface area contributed by atoms with Crippen molar-refractivity contribution in [2.24, 2.45) is 0 Å². The number of nitrogen functional groups attached to an aromatic ring is 1. The smallest absolute Gasteiger partial charge is 0.276 e. The van der Waals surface area contributed by atoms with Gasteiger partial charge in [-0.05, 0) is 19.8 Å². The molecule has 3 N–H and O–H groups in total. The molecule has 5 nitrogen and oxygen atoms in total. The normalized spacial score (nSPS) is 17.4. The van der Waals surface area contributed by atoms with Gasteiger partial charge in [-0.3, -0.25) is 9.89 Å². The molecule has 1 aliphatic rings. The monoisotopic (exact) mass is 250 g/mol. The summed E-state index contributed by atoms with van der Waals surface area (Å²) in [6.07, 6.45) is 7.15. The average Bonchev–Trinajstić information content (AvgIpc) is 2.62. The van der Waals surface area contributed by atoms with Gasteiger partial charge in [0.25, 0.3) is 5.91 Å². The number of nitrogens with zero attached hydrogens (tertiary/aromatic N) is 2. The van der Waals surface area contributed by atoms with E-state index < -0.39 is 0 Å². The molecule has 1 aromatic heterocycles. The Balaban J connectivity index is 2.10. The van der Waals surface area contributed by atoms with Crippen molar-refractivity contribution < 1.29 is 4.79 Å². The van der Waals surface area contributed by atoms with Crippen molar-refractivity contribution in [3.05, 3.63) is 11.4 Å². The van der Waals surface area contributed by atoms with E-state index in [1.807, 2.05) is 18.9 Å². The van der Waals surface area contributed by atoms with Gasteiger partial charge in [0, 0.05) is 13.1 Å². The molecule has 0 atom stereocenters. The lowest BCUT2D eigenvalue weighted by Gasteiger charge is -2.26. The van der Waals surface area contributed by atoms with Crippen molar-refractivity contribution in [1.29, 1.82) is 0 Å². The van der Waals surface area contributed by atoms with Gasteiger partial charge in [-0.25, -0.2) is 0 Å². The second kappa shape index (κ2) is 5.42. The Morgan fingerprint density at radius 1 is 1.33 bits per heavy atom. The van der Waals surface area contributed by atoms with Crippen LogP contribution in [0.1, 0.15) is 54.7 Å². The summed E-state index contributed by atoms with van der Waals surface area (Å²) in [5, 5.41) is 6.78. The number of aryl methyl sites for hydroxylation is 1. The van der Waals surface area contributed by atoms with Crippen LogP contribution in [-0.2, 0) is 0 Å². The predicted molar refractivity (Wildman–Crippen MR) is 71.3 cm³/mol. The highest BCUT2D eigenvalue weighted by atomic mass is 16.2. The van der Waals surface area contributed by atoms with Crippen LogP contribution in [0.15, 0.2) is 0 Å². The van der Waals surface area contributed by atoms with E-state index in [9.17, 15) is 4.79 Å². The number of nitrogens with one attached hydrogen (secondary N) is 1. The Labute approximate surface area is 108 Å². The van der Waals surface area contributed by atoms with E-state index in [0.717, 1.165) is 18.5 Å². The molecule has 100 valence electrons. The van der Waals surface area contributed by atoms with Gasteiger partial charge in [0.1, 0.15) is 0 Å². The number of carbonyl (C=O) groups is 1. The van der Waals surface area contributed by atoms with E-state index in [2.05, 4.69) is 10.2 Å². The van der Waals surface area contributed by atoms with Crippen LogP contribution in [0.3, 0.4) is 0 Å². The van der Waals surface area contributed by atoms with Crippen molar-refractivity contribution in [2.75, 3.05) is 12.8 Å². The average molecular weight is 250 g/mol. The van der Waals surface area contributed by atoms with Crippen LogP contribution >= 0.6 is 0 Å². The van der Waals surface area contributed by atoms with Gasteiger partial charge in [0.05, 0.1) is 11.4 Å². The summed E-state index contributed by atoms with van der Waals surface area (Å²) in [5.41, 5.74) is 7.45. The molecule has 5 heteroatoms. The first kappa shape index (κ1) is 12.9. The maximum Gasteiger partial charge on any atom is 0.276 e. The van der Waals surface area contributed by atoms with Crippen LogP contribution < -0.4 is 5.73 Å². The number of aromatic amines is 1. The molecule has 18 heavy (non-hydrogen) atoms. The number of aromatic nitrogens is 2. The summed E-state index contributed by atoms with van der Waals surface area (Å²) < 4.78 is 0. The molecule has 1 aromatic rings. The van der Waals surface area contributed by atoms with Gasteiger partial charge in [0.15, 0.2) is 5.69 Å². The zero-order valence-electron chi connectivity index (χ0n) is 11.2. The SMILES string of the molecule is Cc1[nH]nc(C(=O)N(C)C2CCCCCC2)c1N. The molecule has 0 saturated heterocycles. The number of carbonyl (C=O) groups excluding carboxylic acids is 1. The zero-order valence-corrected chi connectivity index (χ0v) is 11.2. The lowest BCUT2D eigenvalue weighted by Crippen LogP contribution is -2.37. The molecular weight excluding hydrogens is 228 g/mol. The third kappa shape index (κ3) is 2.49. The van der Waals surface area contributed by atoms with Gasteiger partial charge in [-0.15, -0.1) is 0 Å². The number of rotatable bonds is 2. The number of nitrogens with two attached hydrogens (primary N) is 1. The summed E-state index contributed by atoms with van der Waals surface area (Å²) in [4.78, 5) is 14.2. The lowest BCUT2D eigenvalue weighted by molar-refractivity contribution is 0.0713. The van der Waals surface area contributed by atoms with Crippen LogP contribution in [0.5, 0.6) is 0 Å². The third-order valence-electron chi connectivity index (χ3n) is 3.89. The van der Waals surface area contributed by atoms with Crippen LogP contribution in [-0.4, -0.2) is 34.1 Å². The van der Waals surface area contributed by atoms with Gasteiger partial charge >= 0.3 is 0 Å². The number of hydrogen-bond donors (Lipinski definition) is 2. The van der Waals surface area contributed by atoms with Crippen LogP contribution in [0, 0.1) is 6.92 Å². The van der Waals surface area contributed by atoms with Crippen molar-refractivity contribution in [1.82, 2.24) is 15.1 Å².